The summed E-state index contributed by atoms with van der Waals surface area (Å²) in [6.07, 6.45) is 2.50. The molecular formula is C14H14N4. The SMILES string of the molecule is CCCNc1ncc(C#N)nc1-c1ccccc1. The van der Waals surface area contributed by atoms with Crippen molar-refractivity contribution in [2.75, 3.05) is 11.9 Å². The summed E-state index contributed by atoms with van der Waals surface area (Å²) in [5, 5.41) is 12.1. The highest BCUT2D eigenvalue weighted by atomic mass is 15.0. The quantitative estimate of drug-likeness (QED) is 0.889. The molecule has 0 aliphatic heterocycles. The van der Waals surface area contributed by atoms with Gasteiger partial charge in [0.25, 0.3) is 0 Å². The van der Waals surface area contributed by atoms with Gasteiger partial charge in [-0.2, -0.15) is 5.26 Å². The molecule has 4 nitrogen and oxygen atoms in total. The first kappa shape index (κ1) is 12.1. The van der Waals surface area contributed by atoms with E-state index in [0.29, 0.717) is 5.69 Å². The fraction of sp³-hybridized carbons (Fsp3) is 0.214. The lowest BCUT2D eigenvalue weighted by Crippen LogP contribution is -2.05. The zero-order valence-corrected chi connectivity index (χ0v) is 10.2. The third-order valence-corrected chi connectivity index (χ3v) is 2.48. The Morgan fingerprint density at radius 3 is 2.72 bits per heavy atom. The van der Waals surface area contributed by atoms with E-state index in [2.05, 4.69) is 22.2 Å². The maximum absolute atomic E-state index is 8.90. The molecule has 0 unspecified atom stereocenters. The Kier molecular flexibility index (Phi) is 3.87. The van der Waals surface area contributed by atoms with E-state index in [1.807, 2.05) is 36.4 Å². The Hall–Kier alpha value is -2.41. The normalized spacial score (nSPS) is 9.78. The first-order valence-electron chi connectivity index (χ1n) is 5.91. The summed E-state index contributed by atoms with van der Waals surface area (Å²) in [6, 6.07) is 11.8. The van der Waals surface area contributed by atoms with Gasteiger partial charge in [0.05, 0.1) is 6.20 Å². The highest BCUT2D eigenvalue weighted by molar-refractivity contribution is 5.71. The van der Waals surface area contributed by atoms with Gasteiger partial charge in [0.15, 0.2) is 11.5 Å². The topological polar surface area (TPSA) is 61.6 Å². The van der Waals surface area contributed by atoms with E-state index < -0.39 is 0 Å². The highest BCUT2D eigenvalue weighted by Crippen LogP contribution is 2.23. The van der Waals surface area contributed by atoms with E-state index in [9.17, 15) is 0 Å². The summed E-state index contributed by atoms with van der Waals surface area (Å²) in [6.45, 7) is 2.92. The molecule has 2 aromatic rings. The van der Waals surface area contributed by atoms with Crippen molar-refractivity contribution >= 4 is 5.82 Å². The molecule has 0 fully saturated rings. The van der Waals surface area contributed by atoms with Crippen LogP contribution in [0.4, 0.5) is 5.82 Å². The highest BCUT2D eigenvalue weighted by Gasteiger charge is 2.09. The number of nitrogens with one attached hydrogen (secondary N) is 1. The molecule has 1 aromatic carbocycles. The third kappa shape index (κ3) is 2.64. The van der Waals surface area contributed by atoms with Crippen molar-refractivity contribution < 1.29 is 0 Å². The van der Waals surface area contributed by atoms with Crippen molar-refractivity contribution in [2.45, 2.75) is 13.3 Å². The fourth-order valence-corrected chi connectivity index (χ4v) is 1.61. The van der Waals surface area contributed by atoms with Gasteiger partial charge in [0.1, 0.15) is 11.8 Å². The van der Waals surface area contributed by atoms with Gasteiger partial charge in [0, 0.05) is 12.1 Å². The Morgan fingerprint density at radius 1 is 1.28 bits per heavy atom. The number of hydrogen-bond acceptors (Lipinski definition) is 4. The molecule has 0 radical (unpaired) electrons. The van der Waals surface area contributed by atoms with Crippen LogP contribution in [0.1, 0.15) is 19.0 Å². The van der Waals surface area contributed by atoms with Crippen molar-refractivity contribution in [3.63, 3.8) is 0 Å². The van der Waals surface area contributed by atoms with Crippen molar-refractivity contribution in [3.05, 3.63) is 42.2 Å². The Bertz CT molecular complexity index is 558. The molecular weight excluding hydrogens is 224 g/mol. The van der Waals surface area contributed by atoms with Crippen molar-refractivity contribution in [2.24, 2.45) is 0 Å². The number of hydrogen-bond donors (Lipinski definition) is 1. The lowest BCUT2D eigenvalue weighted by atomic mass is 10.1. The molecule has 0 saturated carbocycles. The zero-order chi connectivity index (χ0) is 12.8. The number of anilines is 1. The minimum Gasteiger partial charge on any atom is -0.368 e. The molecule has 0 aliphatic rings. The molecule has 2 rings (SSSR count). The molecule has 0 atom stereocenters. The molecule has 0 saturated heterocycles. The van der Waals surface area contributed by atoms with Crippen LogP contribution in [-0.4, -0.2) is 16.5 Å². The molecule has 1 aromatic heterocycles. The average Bonchev–Trinajstić information content (AvgIpc) is 2.46. The molecule has 0 spiro atoms. The second-order valence-corrected chi connectivity index (χ2v) is 3.86. The summed E-state index contributed by atoms with van der Waals surface area (Å²) in [5.74, 6) is 0.724. The predicted octanol–water partition coefficient (Wildman–Crippen LogP) is 2.84. The molecule has 1 N–H and O–H groups in total. The van der Waals surface area contributed by atoms with Gasteiger partial charge < -0.3 is 5.32 Å². The number of rotatable bonds is 4. The van der Waals surface area contributed by atoms with Crippen LogP contribution in [0, 0.1) is 11.3 Å². The van der Waals surface area contributed by atoms with E-state index in [-0.39, 0.29) is 0 Å². The van der Waals surface area contributed by atoms with E-state index in [1.54, 1.807) is 0 Å². The van der Waals surface area contributed by atoms with Crippen LogP contribution in [0.2, 0.25) is 0 Å². The second kappa shape index (κ2) is 5.78. The number of nitrogens with zero attached hydrogens (tertiary/aromatic N) is 3. The third-order valence-electron chi connectivity index (χ3n) is 2.48. The molecule has 0 aliphatic carbocycles. The first-order valence-corrected chi connectivity index (χ1v) is 5.91. The van der Waals surface area contributed by atoms with E-state index in [4.69, 9.17) is 5.26 Å². The molecule has 0 amide bonds. The summed E-state index contributed by atoms with van der Waals surface area (Å²) in [7, 11) is 0. The first-order chi connectivity index (χ1) is 8.85. The van der Waals surface area contributed by atoms with Gasteiger partial charge in [-0.1, -0.05) is 37.3 Å². The Morgan fingerprint density at radius 2 is 2.06 bits per heavy atom. The van der Waals surface area contributed by atoms with Gasteiger partial charge in [-0.15, -0.1) is 0 Å². The monoisotopic (exact) mass is 238 g/mol. The summed E-state index contributed by atoms with van der Waals surface area (Å²) < 4.78 is 0. The largest absolute Gasteiger partial charge is 0.368 e. The van der Waals surface area contributed by atoms with Crippen LogP contribution in [0.25, 0.3) is 11.3 Å². The lowest BCUT2D eigenvalue weighted by Gasteiger charge is -2.09. The number of nitriles is 1. The molecule has 90 valence electrons. The van der Waals surface area contributed by atoms with Crippen LogP contribution in [0.15, 0.2) is 36.5 Å². The molecule has 0 bridgehead atoms. The maximum atomic E-state index is 8.90. The zero-order valence-electron chi connectivity index (χ0n) is 10.2. The van der Waals surface area contributed by atoms with Gasteiger partial charge in [-0.05, 0) is 6.42 Å². The van der Waals surface area contributed by atoms with E-state index >= 15 is 0 Å². The van der Waals surface area contributed by atoms with Gasteiger partial charge in [0.2, 0.25) is 0 Å². The minimum atomic E-state index is 0.330. The van der Waals surface area contributed by atoms with Crippen LogP contribution < -0.4 is 5.32 Å². The van der Waals surface area contributed by atoms with Crippen LogP contribution in [-0.2, 0) is 0 Å². The Balaban J connectivity index is 2.45. The predicted molar refractivity (Wildman–Crippen MR) is 71.0 cm³/mol. The summed E-state index contributed by atoms with van der Waals surface area (Å²) in [4.78, 5) is 8.60. The van der Waals surface area contributed by atoms with Crippen LogP contribution in [0.5, 0.6) is 0 Å². The standard InChI is InChI=1S/C14H14N4/c1-2-8-16-14-13(11-6-4-3-5-7-11)18-12(9-15)10-17-14/h3-7,10H,2,8H2,1H3,(H,16,17). The smallest absolute Gasteiger partial charge is 0.159 e. The number of aromatic nitrogens is 2. The summed E-state index contributed by atoms with van der Waals surface area (Å²) in [5.41, 5.74) is 2.01. The fourth-order valence-electron chi connectivity index (χ4n) is 1.61. The number of benzene rings is 1. The van der Waals surface area contributed by atoms with Crippen LogP contribution >= 0.6 is 0 Å². The van der Waals surface area contributed by atoms with Crippen molar-refractivity contribution in [3.8, 4) is 17.3 Å². The maximum Gasteiger partial charge on any atom is 0.159 e. The van der Waals surface area contributed by atoms with Gasteiger partial charge in [-0.25, -0.2) is 9.97 Å². The van der Waals surface area contributed by atoms with Gasteiger partial charge >= 0.3 is 0 Å². The van der Waals surface area contributed by atoms with Crippen molar-refractivity contribution in [1.82, 2.24) is 9.97 Å². The molecule has 4 heteroatoms. The summed E-state index contributed by atoms with van der Waals surface area (Å²) >= 11 is 0. The van der Waals surface area contributed by atoms with Crippen molar-refractivity contribution in [1.29, 1.82) is 5.26 Å². The van der Waals surface area contributed by atoms with E-state index in [0.717, 1.165) is 30.0 Å². The van der Waals surface area contributed by atoms with E-state index in [1.165, 1.54) is 6.20 Å². The second-order valence-electron chi connectivity index (χ2n) is 3.86. The van der Waals surface area contributed by atoms with Crippen LogP contribution in [0.3, 0.4) is 0 Å². The minimum absolute atomic E-state index is 0.330. The Labute approximate surface area is 106 Å². The lowest BCUT2D eigenvalue weighted by molar-refractivity contribution is 0.964. The van der Waals surface area contributed by atoms with Gasteiger partial charge in [-0.3, -0.25) is 0 Å². The average molecular weight is 238 g/mol. The molecule has 18 heavy (non-hydrogen) atoms. The molecule has 1 heterocycles.